The molecule has 164 valence electrons. The van der Waals surface area contributed by atoms with Crippen LogP contribution in [0.1, 0.15) is 29.8 Å². The number of nitrogens with one attached hydrogen (secondary N) is 1. The first-order valence-corrected chi connectivity index (χ1v) is 9.49. The van der Waals surface area contributed by atoms with Crippen LogP contribution in [0.5, 0.6) is 0 Å². The molecular weight excluding hydrogens is 421 g/mol. The van der Waals surface area contributed by atoms with Gasteiger partial charge < -0.3 is 14.6 Å². The van der Waals surface area contributed by atoms with Gasteiger partial charge in [0, 0.05) is 6.92 Å². The molecule has 0 bridgehead atoms. The summed E-state index contributed by atoms with van der Waals surface area (Å²) in [6.45, 7) is 2.95. The molecule has 2 aromatic carbocycles. The Morgan fingerprint density at radius 2 is 1.57 bits per heavy atom. The van der Waals surface area contributed by atoms with E-state index in [1.165, 1.54) is 30.3 Å². The summed E-state index contributed by atoms with van der Waals surface area (Å²) in [4.78, 5) is 23.2. The van der Waals surface area contributed by atoms with Crippen molar-refractivity contribution in [1.29, 1.82) is 0 Å². The van der Waals surface area contributed by atoms with E-state index >= 15 is 0 Å². The number of carboxylic acids is 1. The van der Waals surface area contributed by atoms with Gasteiger partial charge in [0.25, 0.3) is 5.97 Å². The predicted molar refractivity (Wildman–Crippen MR) is 111 cm³/mol. The van der Waals surface area contributed by atoms with E-state index in [4.69, 9.17) is 14.1 Å². The molecule has 10 heteroatoms. The number of hydrogen-bond acceptors (Lipinski definition) is 6. The van der Waals surface area contributed by atoms with Crippen molar-refractivity contribution < 1.29 is 32.0 Å². The van der Waals surface area contributed by atoms with Gasteiger partial charge >= 0.3 is 12.1 Å². The Kier molecular flexibility index (Phi) is 9.67. The Morgan fingerprint density at radius 3 is 2.10 bits per heavy atom. The second-order valence-electron chi connectivity index (χ2n) is 6.26. The van der Waals surface area contributed by atoms with Gasteiger partial charge in [-0.15, -0.1) is 0 Å². The standard InChI is InChI=1S/C18H19F3N2O2S.C2H4O2/c1-12(23(2)3)26-25-17(24)13-8-4-6-10-15(13)22-16-11-7-5-9-14(16)18(19,20)21;1-2(3)4/h4-12,22H,1-3H3;1H3,(H,3,4). The third kappa shape index (κ3) is 8.34. The van der Waals surface area contributed by atoms with Gasteiger partial charge in [0.05, 0.1) is 39.9 Å². The molecule has 30 heavy (non-hydrogen) atoms. The molecule has 0 radical (unpaired) electrons. The van der Waals surface area contributed by atoms with Crippen molar-refractivity contribution in [2.75, 3.05) is 19.4 Å². The number of anilines is 2. The van der Waals surface area contributed by atoms with Crippen LogP contribution < -0.4 is 5.32 Å². The van der Waals surface area contributed by atoms with Crippen LogP contribution in [0.4, 0.5) is 24.5 Å². The van der Waals surface area contributed by atoms with Gasteiger partial charge in [-0.1, -0.05) is 24.3 Å². The molecule has 0 aromatic heterocycles. The van der Waals surface area contributed by atoms with Crippen LogP contribution >= 0.6 is 12.0 Å². The van der Waals surface area contributed by atoms with E-state index < -0.39 is 23.7 Å². The summed E-state index contributed by atoms with van der Waals surface area (Å²) in [5, 5.41) is 10.1. The lowest BCUT2D eigenvalue weighted by Crippen LogP contribution is -2.22. The van der Waals surface area contributed by atoms with Crippen LogP contribution in [0.15, 0.2) is 48.5 Å². The molecule has 6 nitrogen and oxygen atoms in total. The lowest BCUT2D eigenvalue weighted by molar-refractivity contribution is -0.137. The van der Waals surface area contributed by atoms with Crippen molar-refractivity contribution in [2.45, 2.75) is 25.4 Å². The van der Waals surface area contributed by atoms with Gasteiger partial charge in [0.2, 0.25) is 0 Å². The Hall–Kier alpha value is -2.72. The Morgan fingerprint density at radius 1 is 1.07 bits per heavy atom. The maximum Gasteiger partial charge on any atom is 0.418 e. The lowest BCUT2D eigenvalue weighted by Gasteiger charge is -2.18. The Bertz CT molecular complexity index is 856. The maximum atomic E-state index is 13.2. The average Bonchev–Trinajstić information content (AvgIpc) is 2.65. The summed E-state index contributed by atoms with van der Waals surface area (Å²) < 4.78 is 44.7. The van der Waals surface area contributed by atoms with Crippen molar-refractivity contribution in [3.63, 3.8) is 0 Å². The molecule has 0 spiro atoms. The molecule has 2 aromatic rings. The largest absolute Gasteiger partial charge is 0.481 e. The van der Waals surface area contributed by atoms with Gasteiger partial charge in [-0.25, -0.2) is 4.79 Å². The quantitative estimate of drug-likeness (QED) is 0.465. The topological polar surface area (TPSA) is 78.9 Å². The monoisotopic (exact) mass is 444 g/mol. The van der Waals surface area contributed by atoms with E-state index in [1.54, 1.807) is 12.1 Å². The minimum atomic E-state index is -4.50. The molecule has 0 heterocycles. The summed E-state index contributed by atoms with van der Waals surface area (Å²) in [7, 11) is 3.68. The second-order valence-corrected chi connectivity index (χ2v) is 7.30. The number of halogens is 3. The number of alkyl halides is 3. The highest BCUT2D eigenvalue weighted by atomic mass is 32.2. The minimum absolute atomic E-state index is 0.0648. The number of para-hydroxylation sites is 2. The van der Waals surface area contributed by atoms with Crippen LogP contribution in [-0.2, 0) is 15.2 Å². The van der Waals surface area contributed by atoms with Crippen molar-refractivity contribution in [2.24, 2.45) is 0 Å². The summed E-state index contributed by atoms with van der Waals surface area (Å²) in [6, 6.07) is 11.4. The molecule has 2 N–H and O–H groups in total. The lowest BCUT2D eigenvalue weighted by atomic mass is 10.1. The third-order valence-electron chi connectivity index (χ3n) is 3.64. The van der Waals surface area contributed by atoms with Gasteiger partial charge in [-0.3, -0.25) is 9.69 Å². The summed E-state index contributed by atoms with van der Waals surface area (Å²) in [5.74, 6) is -1.46. The van der Waals surface area contributed by atoms with Crippen LogP contribution in [0.2, 0.25) is 0 Å². The molecular formula is C20H23F3N2O4S. The van der Waals surface area contributed by atoms with Crippen molar-refractivity contribution >= 4 is 35.4 Å². The molecule has 0 aliphatic rings. The van der Waals surface area contributed by atoms with E-state index in [9.17, 15) is 18.0 Å². The average molecular weight is 444 g/mol. The van der Waals surface area contributed by atoms with E-state index in [0.29, 0.717) is 0 Å². The summed E-state index contributed by atoms with van der Waals surface area (Å²) in [6.07, 6.45) is -4.50. The highest BCUT2D eigenvalue weighted by Crippen LogP contribution is 2.36. The number of aliphatic carboxylic acids is 1. The zero-order valence-corrected chi connectivity index (χ0v) is 17.7. The molecule has 1 unspecified atom stereocenters. The fraction of sp³-hybridized carbons (Fsp3) is 0.300. The first kappa shape index (κ1) is 25.3. The zero-order valence-electron chi connectivity index (χ0n) is 16.9. The molecule has 0 amide bonds. The van der Waals surface area contributed by atoms with Gasteiger partial charge in [0.15, 0.2) is 0 Å². The van der Waals surface area contributed by atoms with Crippen molar-refractivity contribution in [3.8, 4) is 0 Å². The number of carboxylic acid groups (broad SMARTS) is 1. The molecule has 0 fully saturated rings. The van der Waals surface area contributed by atoms with Crippen LogP contribution in [0.25, 0.3) is 0 Å². The molecule has 0 saturated heterocycles. The normalized spacial score (nSPS) is 11.9. The summed E-state index contributed by atoms with van der Waals surface area (Å²) >= 11 is 0.978. The van der Waals surface area contributed by atoms with Crippen molar-refractivity contribution in [1.82, 2.24) is 4.90 Å². The molecule has 0 aliphatic carbocycles. The highest BCUT2D eigenvalue weighted by molar-refractivity contribution is 7.95. The van der Waals surface area contributed by atoms with Crippen LogP contribution in [0.3, 0.4) is 0 Å². The smallest absolute Gasteiger partial charge is 0.418 e. The number of hydrogen-bond donors (Lipinski definition) is 2. The van der Waals surface area contributed by atoms with Crippen LogP contribution in [0, 0.1) is 0 Å². The zero-order chi connectivity index (χ0) is 22.9. The Labute approximate surface area is 177 Å². The highest BCUT2D eigenvalue weighted by Gasteiger charge is 2.33. The van der Waals surface area contributed by atoms with Gasteiger partial charge in [0.1, 0.15) is 0 Å². The maximum absolute atomic E-state index is 13.2. The molecule has 2 rings (SSSR count). The van der Waals surface area contributed by atoms with Gasteiger partial charge in [-0.05, 0) is 45.3 Å². The Balaban J connectivity index is 0.00000103. The number of nitrogens with zero attached hydrogens (tertiary/aromatic N) is 1. The number of carbonyl (C=O) groups is 2. The molecule has 1 atom stereocenters. The first-order chi connectivity index (χ1) is 13.9. The second kappa shape index (κ2) is 11.5. The molecule has 0 saturated carbocycles. The van der Waals surface area contributed by atoms with E-state index in [2.05, 4.69) is 5.32 Å². The SMILES string of the molecule is CC(=O)O.CC(SOC(=O)c1ccccc1Nc1ccccc1C(F)(F)F)N(C)C. The van der Waals surface area contributed by atoms with E-state index in [0.717, 1.165) is 25.0 Å². The minimum Gasteiger partial charge on any atom is -0.481 e. The fourth-order valence-electron chi connectivity index (χ4n) is 2.00. The first-order valence-electron chi connectivity index (χ1n) is 8.69. The number of carbonyl (C=O) groups excluding carboxylic acids is 1. The predicted octanol–water partition coefficient (Wildman–Crippen LogP) is 5.25. The summed E-state index contributed by atoms with van der Waals surface area (Å²) in [5.41, 5.74) is -0.538. The number of benzene rings is 2. The van der Waals surface area contributed by atoms with Crippen LogP contribution in [-0.4, -0.2) is 41.4 Å². The number of rotatable bonds is 6. The van der Waals surface area contributed by atoms with Gasteiger partial charge in [-0.2, -0.15) is 13.2 Å². The fourth-order valence-corrected chi connectivity index (χ4v) is 2.49. The third-order valence-corrected chi connectivity index (χ3v) is 4.59. The molecule has 0 aliphatic heterocycles. The van der Waals surface area contributed by atoms with E-state index in [1.807, 2.05) is 25.9 Å². The van der Waals surface area contributed by atoms with Crippen molar-refractivity contribution in [3.05, 3.63) is 59.7 Å². The van der Waals surface area contributed by atoms with E-state index in [-0.39, 0.29) is 22.3 Å².